The first-order chi connectivity index (χ1) is 8.24. The summed E-state index contributed by atoms with van der Waals surface area (Å²) in [6.07, 6.45) is 10.8. The van der Waals surface area contributed by atoms with Gasteiger partial charge >= 0.3 is 0 Å². The lowest BCUT2D eigenvalue weighted by Crippen LogP contribution is -2.33. The lowest BCUT2D eigenvalue weighted by Gasteiger charge is -2.34. The van der Waals surface area contributed by atoms with Crippen LogP contribution in [0.15, 0.2) is 15.9 Å². The van der Waals surface area contributed by atoms with Crippen LogP contribution in [-0.2, 0) is 6.42 Å². The van der Waals surface area contributed by atoms with E-state index >= 15 is 0 Å². The van der Waals surface area contributed by atoms with Gasteiger partial charge in [-0.2, -0.15) is 0 Å². The summed E-state index contributed by atoms with van der Waals surface area (Å²) in [5, 5.41) is 0. The van der Waals surface area contributed by atoms with E-state index < -0.39 is 0 Å². The molecule has 0 unspecified atom stereocenters. The van der Waals surface area contributed by atoms with Crippen LogP contribution in [0.25, 0.3) is 0 Å². The van der Waals surface area contributed by atoms with Gasteiger partial charge in [-0.25, -0.2) is 0 Å². The number of rotatable bonds is 3. The second-order valence-electron chi connectivity index (χ2n) is 5.35. The molecule has 3 heteroatoms. The van der Waals surface area contributed by atoms with Crippen molar-refractivity contribution in [3.8, 4) is 0 Å². The molecule has 0 aromatic carbocycles. The van der Waals surface area contributed by atoms with Gasteiger partial charge in [0.05, 0.1) is 3.79 Å². The van der Waals surface area contributed by atoms with Crippen molar-refractivity contribution in [2.45, 2.75) is 51.4 Å². The van der Waals surface area contributed by atoms with Gasteiger partial charge in [0, 0.05) is 4.88 Å². The molecule has 17 heavy (non-hydrogen) atoms. The van der Waals surface area contributed by atoms with Gasteiger partial charge in [-0.3, -0.25) is 0 Å². The molecule has 0 saturated heterocycles. The fourth-order valence-corrected chi connectivity index (χ4v) is 4.58. The van der Waals surface area contributed by atoms with Gasteiger partial charge in [0.25, 0.3) is 0 Å². The Morgan fingerprint density at radius 3 is 2.29 bits per heavy atom. The van der Waals surface area contributed by atoms with Gasteiger partial charge in [-0.05, 0) is 59.3 Å². The minimum absolute atomic E-state index is 0.380. The third-order valence-corrected chi connectivity index (χ3v) is 5.65. The molecule has 2 rings (SSSR count). The summed E-state index contributed by atoms with van der Waals surface area (Å²) < 4.78 is 1.24. The molecule has 2 N–H and O–H groups in total. The Labute approximate surface area is 117 Å². The first kappa shape index (κ1) is 13.6. The standard InChI is InChI=1S/C14H22BrNS/c15-13-7-6-12(17-13)10-14(11-16)8-4-2-1-3-5-9-14/h6-7H,1-5,8-11,16H2. The Morgan fingerprint density at radius 2 is 1.76 bits per heavy atom. The second kappa shape index (κ2) is 6.35. The van der Waals surface area contributed by atoms with E-state index in [-0.39, 0.29) is 0 Å². The van der Waals surface area contributed by atoms with E-state index in [2.05, 4.69) is 28.1 Å². The van der Waals surface area contributed by atoms with Crippen molar-refractivity contribution in [3.63, 3.8) is 0 Å². The molecule has 1 aromatic rings. The third kappa shape index (κ3) is 3.80. The maximum Gasteiger partial charge on any atom is 0.0701 e. The molecule has 0 atom stereocenters. The van der Waals surface area contributed by atoms with Crippen LogP contribution < -0.4 is 5.73 Å². The fraction of sp³-hybridized carbons (Fsp3) is 0.714. The Bertz CT molecular complexity index is 340. The molecule has 1 nitrogen and oxygen atoms in total. The predicted molar refractivity (Wildman–Crippen MR) is 79.5 cm³/mol. The number of hydrogen-bond acceptors (Lipinski definition) is 2. The first-order valence-electron chi connectivity index (χ1n) is 6.68. The quantitative estimate of drug-likeness (QED) is 0.856. The Hall–Kier alpha value is 0.140. The van der Waals surface area contributed by atoms with Crippen LogP contribution in [0.3, 0.4) is 0 Å². The topological polar surface area (TPSA) is 26.0 Å². The van der Waals surface area contributed by atoms with Crippen LogP contribution in [0, 0.1) is 5.41 Å². The summed E-state index contributed by atoms with van der Waals surface area (Å²) in [6, 6.07) is 4.41. The van der Waals surface area contributed by atoms with Gasteiger partial charge in [0.15, 0.2) is 0 Å². The summed E-state index contributed by atoms with van der Waals surface area (Å²) in [5.74, 6) is 0. The molecule has 96 valence electrons. The molecule has 0 radical (unpaired) electrons. The normalized spacial score (nSPS) is 20.8. The van der Waals surface area contributed by atoms with E-state index in [0.29, 0.717) is 5.41 Å². The summed E-state index contributed by atoms with van der Waals surface area (Å²) in [7, 11) is 0. The van der Waals surface area contributed by atoms with E-state index in [0.717, 1.165) is 6.54 Å². The zero-order valence-electron chi connectivity index (χ0n) is 10.4. The molecule has 0 spiro atoms. The van der Waals surface area contributed by atoms with Crippen molar-refractivity contribution in [2.24, 2.45) is 11.1 Å². The monoisotopic (exact) mass is 315 g/mol. The van der Waals surface area contributed by atoms with Crippen LogP contribution >= 0.6 is 27.3 Å². The highest BCUT2D eigenvalue weighted by Gasteiger charge is 2.29. The lowest BCUT2D eigenvalue weighted by molar-refractivity contribution is 0.218. The van der Waals surface area contributed by atoms with Gasteiger partial charge in [-0.15, -0.1) is 11.3 Å². The molecule has 0 aliphatic heterocycles. The number of nitrogens with two attached hydrogens (primary N) is 1. The van der Waals surface area contributed by atoms with Crippen molar-refractivity contribution in [3.05, 3.63) is 20.8 Å². The molecule has 1 aromatic heterocycles. The van der Waals surface area contributed by atoms with Crippen molar-refractivity contribution in [2.75, 3.05) is 6.54 Å². The maximum atomic E-state index is 6.11. The van der Waals surface area contributed by atoms with Gasteiger partial charge in [-0.1, -0.05) is 32.1 Å². The largest absolute Gasteiger partial charge is 0.330 e. The van der Waals surface area contributed by atoms with Crippen LogP contribution in [0.5, 0.6) is 0 Å². The number of halogens is 1. The molecule has 0 bridgehead atoms. The average molecular weight is 316 g/mol. The maximum absolute atomic E-state index is 6.11. The summed E-state index contributed by atoms with van der Waals surface area (Å²) in [6.45, 7) is 0.850. The van der Waals surface area contributed by atoms with E-state index in [1.807, 2.05) is 11.3 Å². The fourth-order valence-electron chi connectivity index (χ4n) is 2.92. The van der Waals surface area contributed by atoms with E-state index in [4.69, 9.17) is 5.73 Å². The Balaban J connectivity index is 2.05. The minimum atomic E-state index is 0.380. The summed E-state index contributed by atoms with van der Waals surface area (Å²) >= 11 is 5.42. The number of hydrogen-bond donors (Lipinski definition) is 1. The molecule has 1 saturated carbocycles. The molecule has 1 fully saturated rings. The number of thiophene rings is 1. The highest BCUT2D eigenvalue weighted by atomic mass is 79.9. The van der Waals surface area contributed by atoms with Crippen LogP contribution in [0.4, 0.5) is 0 Å². The van der Waals surface area contributed by atoms with E-state index in [1.54, 1.807) is 0 Å². The highest BCUT2D eigenvalue weighted by molar-refractivity contribution is 9.11. The predicted octanol–water partition coefficient (Wildman–Crippen LogP) is 4.74. The van der Waals surface area contributed by atoms with Gasteiger partial charge < -0.3 is 5.73 Å². The minimum Gasteiger partial charge on any atom is -0.330 e. The lowest BCUT2D eigenvalue weighted by atomic mass is 9.73. The van der Waals surface area contributed by atoms with Crippen LogP contribution in [-0.4, -0.2) is 6.54 Å². The molecule has 1 aliphatic rings. The molecule has 0 amide bonds. The van der Waals surface area contributed by atoms with Crippen LogP contribution in [0.1, 0.15) is 49.8 Å². The van der Waals surface area contributed by atoms with Crippen LogP contribution in [0.2, 0.25) is 0 Å². The smallest absolute Gasteiger partial charge is 0.0701 e. The zero-order valence-corrected chi connectivity index (χ0v) is 12.8. The third-order valence-electron chi connectivity index (χ3n) is 4.03. The van der Waals surface area contributed by atoms with E-state index in [1.165, 1.54) is 60.0 Å². The molecular weight excluding hydrogens is 294 g/mol. The average Bonchev–Trinajstić information content (AvgIpc) is 2.68. The molecule has 1 heterocycles. The molecule has 1 aliphatic carbocycles. The summed E-state index contributed by atoms with van der Waals surface area (Å²) in [4.78, 5) is 1.49. The molecular formula is C14H22BrNS. The van der Waals surface area contributed by atoms with Gasteiger partial charge in [0.2, 0.25) is 0 Å². The van der Waals surface area contributed by atoms with Crippen molar-refractivity contribution in [1.29, 1.82) is 0 Å². The SMILES string of the molecule is NCC1(Cc2ccc(Br)s2)CCCCCCC1. The summed E-state index contributed by atoms with van der Waals surface area (Å²) in [5.41, 5.74) is 6.49. The Morgan fingerprint density at radius 1 is 1.12 bits per heavy atom. The second-order valence-corrected chi connectivity index (χ2v) is 7.90. The van der Waals surface area contributed by atoms with Crippen molar-refractivity contribution in [1.82, 2.24) is 0 Å². The zero-order chi connectivity index (χ0) is 12.1. The Kier molecular flexibility index (Phi) is 5.07. The highest BCUT2D eigenvalue weighted by Crippen LogP contribution is 2.38. The van der Waals surface area contributed by atoms with E-state index in [9.17, 15) is 0 Å². The van der Waals surface area contributed by atoms with Crippen molar-refractivity contribution < 1.29 is 0 Å². The van der Waals surface area contributed by atoms with Gasteiger partial charge in [0.1, 0.15) is 0 Å². The first-order valence-corrected chi connectivity index (χ1v) is 8.29. The van der Waals surface area contributed by atoms with Crippen molar-refractivity contribution >= 4 is 27.3 Å².